The van der Waals surface area contributed by atoms with Crippen LogP contribution >= 0.6 is 0 Å². The molecule has 0 saturated heterocycles. The molecule has 0 amide bonds. The molecule has 0 bridgehead atoms. The Balaban J connectivity index is 2.24. The van der Waals surface area contributed by atoms with Crippen molar-refractivity contribution in [2.24, 2.45) is 5.92 Å². The third kappa shape index (κ3) is 6.25. The molecule has 1 unspecified atom stereocenters. The smallest absolute Gasteiger partial charge is 0.335 e. The molecule has 0 aliphatic heterocycles. The molecule has 0 fully saturated rings. The topological polar surface area (TPSA) is 55.8 Å². The molecular formula is C15H22O4. The van der Waals surface area contributed by atoms with E-state index in [4.69, 9.17) is 14.6 Å². The summed E-state index contributed by atoms with van der Waals surface area (Å²) in [5, 5.41) is 8.76. The van der Waals surface area contributed by atoms with Crippen LogP contribution in [0.5, 0.6) is 5.75 Å². The minimum atomic E-state index is -0.933. The average Bonchev–Trinajstić information content (AvgIpc) is 2.34. The van der Waals surface area contributed by atoms with E-state index in [9.17, 15) is 4.79 Å². The quantitative estimate of drug-likeness (QED) is 0.734. The van der Waals surface area contributed by atoms with E-state index in [2.05, 4.69) is 20.8 Å². The summed E-state index contributed by atoms with van der Waals surface area (Å²) in [7, 11) is 0. The Morgan fingerprint density at radius 2 is 1.79 bits per heavy atom. The summed E-state index contributed by atoms with van der Waals surface area (Å²) in [6.45, 7) is 7.39. The number of aromatic carboxylic acids is 1. The highest BCUT2D eigenvalue weighted by Gasteiger charge is 2.05. The van der Waals surface area contributed by atoms with Crippen molar-refractivity contribution in [2.75, 3.05) is 13.2 Å². The Bertz CT molecular complexity index is 384. The highest BCUT2D eigenvalue weighted by molar-refractivity contribution is 5.87. The van der Waals surface area contributed by atoms with E-state index < -0.39 is 5.97 Å². The lowest BCUT2D eigenvalue weighted by atomic mass is 10.1. The van der Waals surface area contributed by atoms with Gasteiger partial charge in [-0.05, 0) is 43.5 Å². The van der Waals surface area contributed by atoms with Gasteiger partial charge in [0.25, 0.3) is 0 Å². The number of hydrogen-bond donors (Lipinski definition) is 1. The fourth-order valence-electron chi connectivity index (χ4n) is 1.83. The molecule has 4 nitrogen and oxygen atoms in total. The van der Waals surface area contributed by atoms with Crippen molar-refractivity contribution in [3.63, 3.8) is 0 Å². The van der Waals surface area contributed by atoms with Crippen molar-refractivity contribution >= 4 is 5.97 Å². The standard InChI is InChI=1S/C15H22O4/c1-11(2)10-12(3)18-8-9-19-14-6-4-13(5-7-14)15(16)17/h4-7,11-12H,8-10H2,1-3H3,(H,16,17). The summed E-state index contributed by atoms with van der Waals surface area (Å²) < 4.78 is 11.1. The fourth-order valence-corrected chi connectivity index (χ4v) is 1.83. The zero-order valence-corrected chi connectivity index (χ0v) is 11.8. The second-order valence-electron chi connectivity index (χ2n) is 4.99. The van der Waals surface area contributed by atoms with Crippen LogP contribution in [0.4, 0.5) is 0 Å². The molecule has 1 atom stereocenters. The maximum atomic E-state index is 10.7. The zero-order chi connectivity index (χ0) is 14.3. The lowest BCUT2D eigenvalue weighted by Gasteiger charge is -2.15. The van der Waals surface area contributed by atoms with Crippen LogP contribution in [-0.4, -0.2) is 30.4 Å². The molecule has 106 valence electrons. The van der Waals surface area contributed by atoms with Gasteiger partial charge in [0.15, 0.2) is 0 Å². The highest BCUT2D eigenvalue weighted by atomic mass is 16.5. The van der Waals surface area contributed by atoms with Gasteiger partial charge in [-0.15, -0.1) is 0 Å². The van der Waals surface area contributed by atoms with Crippen LogP contribution in [0, 0.1) is 5.92 Å². The molecule has 0 radical (unpaired) electrons. The van der Waals surface area contributed by atoms with Crippen LogP contribution in [0.25, 0.3) is 0 Å². The van der Waals surface area contributed by atoms with E-state index in [0.29, 0.717) is 24.9 Å². The Labute approximate surface area is 114 Å². The van der Waals surface area contributed by atoms with Gasteiger partial charge in [0.05, 0.1) is 18.3 Å². The van der Waals surface area contributed by atoms with Crippen molar-refractivity contribution in [2.45, 2.75) is 33.3 Å². The third-order valence-corrected chi connectivity index (χ3v) is 2.66. The van der Waals surface area contributed by atoms with Gasteiger partial charge in [0, 0.05) is 0 Å². The summed E-state index contributed by atoms with van der Waals surface area (Å²) in [5.41, 5.74) is 0.258. The van der Waals surface area contributed by atoms with Crippen LogP contribution in [0.3, 0.4) is 0 Å². The monoisotopic (exact) mass is 266 g/mol. The first-order valence-corrected chi connectivity index (χ1v) is 6.56. The van der Waals surface area contributed by atoms with Gasteiger partial charge in [-0.3, -0.25) is 0 Å². The molecule has 1 aromatic carbocycles. The second kappa shape index (κ2) is 7.79. The predicted molar refractivity (Wildman–Crippen MR) is 73.8 cm³/mol. The molecule has 0 aromatic heterocycles. The highest BCUT2D eigenvalue weighted by Crippen LogP contribution is 2.12. The van der Waals surface area contributed by atoms with Crippen molar-refractivity contribution in [1.82, 2.24) is 0 Å². The summed E-state index contributed by atoms with van der Waals surface area (Å²) in [5.74, 6) is 0.349. The molecule has 0 heterocycles. The zero-order valence-electron chi connectivity index (χ0n) is 11.8. The minimum Gasteiger partial charge on any atom is -0.491 e. The normalized spacial score (nSPS) is 12.4. The molecule has 4 heteroatoms. The Kier molecular flexibility index (Phi) is 6.36. The Morgan fingerprint density at radius 1 is 1.16 bits per heavy atom. The van der Waals surface area contributed by atoms with Gasteiger partial charge < -0.3 is 14.6 Å². The van der Waals surface area contributed by atoms with E-state index in [-0.39, 0.29) is 11.7 Å². The predicted octanol–water partition coefficient (Wildman–Crippen LogP) is 3.21. The molecule has 0 aliphatic carbocycles. The van der Waals surface area contributed by atoms with Crippen LogP contribution in [-0.2, 0) is 4.74 Å². The van der Waals surface area contributed by atoms with E-state index in [1.165, 1.54) is 12.1 Å². The number of ether oxygens (including phenoxy) is 2. The van der Waals surface area contributed by atoms with Crippen molar-refractivity contribution in [3.8, 4) is 5.75 Å². The van der Waals surface area contributed by atoms with E-state index in [0.717, 1.165) is 6.42 Å². The first-order chi connectivity index (χ1) is 8.99. The number of benzene rings is 1. The number of carbonyl (C=O) groups is 1. The van der Waals surface area contributed by atoms with Gasteiger partial charge in [0.1, 0.15) is 12.4 Å². The Morgan fingerprint density at radius 3 is 2.32 bits per heavy atom. The first kappa shape index (κ1) is 15.5. The van der Waals surface area contributed by atoms with Crippen LogP contribution in [0.2, 0.25) is 0 Å². The molecule has 1 N–H and O–H groups in total. The Hall–Kier alpha value is -1.55. The number of carboxylic acids is 1. The van der Waals surface area contributed by atoms with Crippen molar-refractivity contribution < 1.29 is 19.4 Å². The maximum Gasteiger partial charge on any atom is 0.335 e. The lowest BCUT2D eigenvalue weighted by molar-refractivity contribution is 0.0331. The molecular weight excluding hydrogens is 244 g/mol. The fraction of sp³-hybridized carbons (Fsp3) is 0.533. The van der Waals surface area contributed by atoms with Gasteiger partial charge in [-0.2, -0.15) is 0 Å². The van der Waals surface area contributed by atoms with Crippen molar-refractivity contribution in [3.05, 3.63) is 29.8 Å². The van der Waals surface area contributed by atoms with E-state index >= 15 is 0 Å². The molecule has 1 aromatic rings. The SMILES string of the molecule is CC(C)CC(C)OCCOc1ccc(C(=O)O)cc1. The number of hydrogen-bond acceptors (Lipinski definition) is 3. The van der Waals surface area contributed by atoms with Crippen LogP contribution in [0.15, 0.2) is 24.3 Å². The summed E-state index contributed by atoms with van der Waals surface area (Å²) in [6.07, 6.45) is 1.27. The van der Waals surface area contributed by atoms with Gasteiger partial charge in [-0.25, -0.2) is 4.79 Å². The van der Waals surface area contributed by atoms with Gasteiger partial charge in [0.2, 0.25) is 0 Å². The largest absolute Gasteiger partial charge is 0.491 e. The molecule has 1 rings (SSSR count). The molecule has 19 heavy (non-hydrogen) atoms. The minimum absolute atomic E-state index is 0.234. The van der Waals surface area contributed by atoms with Crippen LogP contribution in [0.1, 0.15) is 37.6 Å². The van der Waals surface area contributed by atoms with Gasteiger partial charge >= 0.3 is 5.97 Å². The third-order valence-electron chi connectivity index (χ3n) is 2.66. The van der Waals surface area contributed by atoms with Crippen LogP contribution < -0.4 is 4.74 Å². The van der Waals surface area contributed by atoms with Crippen molar-refractivity contribution in [1.29, 1.82) is 0 Å². The van der Waals surface area contributed by atoms with Gasteiger partial charge in [-0.1, -0.05) is 13.8 Å². The number of rotatable bonds is 8. The molecule has 0 aliphatic rings. The summed E-state index contributed by atoms with van der Waals surface area (Å²) in [6, 6.07) is 6.36. The summed E-state index contributed by atoms with van der Waals surface area (Å²) >= 11 is 0. The average molecular weight is 266 g/mol. The van der Waals surface area contributed by atoms with E-state index in [1.807, 2.05) is 0 Å². The maximum absolute atomic E-state index is 10.7. The molecule has 0 spiro atoms. The first-order valence-electron chi connectivity index (χ1n) is 6.56. The second-order valence-corrected chi connectivity index (χ2v) is 4.99. The summed E-state index contributed by atoms with van der Waals surface area (Å²) in [4.78, 5) is 10.7. The molecule has 0 saturated carbocycles. The lowest BCUT2D eigenvalue weighted by Crippen LogP contribution is -2.16. The van der Waals surface area contributed by atoms with E-state index in [1.54, 1.807) is 12.1 Å². The number of carboxylic acid groups (broad SMARTS) is 1.